The second kappa shape index (κ2) is 5.99. The molecule has 1 aromatic rings. The number of nitrogens with zero attached hydrogens (tertiary/aromatic N) is 2. The standard InChI is InChI=1S/C14H21N3O2/c1-3-11-5-4-6-12(9-11)16-14-13(17(18)19)8-7-10(2)15-14/h7-8,11-12H,3-6,9H2,1-2H3,(H,15,16). The van der Waals surface area contributed by atoms with E-state index >= 15 is 0 Å². The summed E-state index contributed by atoms with van der Waals surface area (Å²) in [6, 6.07) is 3.52. The zero-order chi connectivity index (χ0) is 13.8. The van der Waals surface area contributed by atoms with Crippen molar-refractivity contribution < 1.29 is 4.92 Å². The van der Waals surface area contributed by atoms with Crippen LogP contribution in [0.3, 0.4) is 0 Å². The first kappa shape index (κ1) is 13.8. The first-order chi connectivity index (χ1) is 9.10. The summed E-state index contributed by atoms with van der Waals surface area (Å²) in [5.74, 6) is 1.15. The van der Waals surface area contributed by atoms with E-state index in [2.05, 4.69) is 17.2 Å². The minimum absolute atomic E-state index is 0.0734. The topological polar surface area (TPSA) is 68.1 Å². The minimum atomic E-state index is -0.366. The Bertz CT molecular complexity index is 462. The van der Waals surface area contributed by atoms with Gasteiger partial charge >= 0.3 is 5.69 Å². The first-order valence-electron chi connectivity index (χ1n) is 6.98. The summed E-state index contributed by atoms with van der Waals surface area (Å²) in [4.78, 5) is 14.9. The summed E-state index contributed by atoms with van der Waals surface area (Å²) in [5, 5.41) is 14.3. The van der Waals surface area contributed by atoms with Gasteiger partial charge in [-0.2, -0.15) is 0 Å². The molecule has 1 heterocycles. The van der Waals surface area contributed by atoms with E-state index in [4.69, 9.17) is 0 Å². The highest BCUT2D eigenvalue weighted by Gasteiger charge is 2.24. The van der Waals surface area contributed by atoms with Crippen molar-refractivity contribution in [2.75, 3.05) is 5.32 Å². The van der Waals surface area contributed by atoms with Crippen molar-refractivity contribution in [1.29, 1.82) is 0 Å². The van der Waals surface area contributed by atoms with E-state index in [1.165, 1.54) is 25.3 Å². The molecule has 1 aromatic heterocycles. The van der Waals surface area contributed by atoms with E-state index in [1.54, 1.807) is 6.07 Å². The molecule has 104 valence electrons. The number of hydrogen-bond acceptors (Lipinski definition) is 4. The van der Waals surface area contributed by atoms with Crippen LogP contribution in [0.15, 0.2) is 12.1 Å². The molecule has 0 radical (unpaired) electrons. The van der Waals surface area contributed by atoms with Crippen LogP contribution in [0.4, 0.5) is 11.5 Å². The van der Waals surface area contributed by atoms with E-state index in [-0.39, 0.29) is 10.6 Å². The molecule has 19 heavy (non-hydrogen) atoms. The lowest BCUT2D eigenvalue weighted by Crippen LogP contribution is -2.27. The summed E-state index contributed by atoms with van der Waals surface area (Å²) in [5.41, 5.74) is 0.875. The van der Waals surface area contributed by atoms with Crippen molar-refractivity contribution in [1.82, 2.24) is 4.98 Å². The Morgan fingerprint density at radius 2 is 2.26 bits per heavy atom. The van der Waals surface area contributed by atoms with Crippen LogP contribution in [-0.4, -0.2) is 15.9 Å². The molecule has 0 bridgehead atoms. The number of hydrogen-bond donors (Lipinski definition) is 1. The van der Waals surface area contributed by atoms with Crippen molar-refractivity contribution in [2.24, 2.45) is 5.92 Å². The summed E-state index contributed by atoms with van der Waals surface area (Å²) in [6.07, 6.45) is 5.81. The summed E-state index contributed by atoms with van der Waals surface area (Å²) in [6.45, 7) is 4.06. The average Bonchev–Trinajstić information content (AvgIpc) is 2.38. The molecule has 0 spiro atoms. The number of rotatable bonds is 4. The predicted octanol–water partition coefficient (Wildman–Crippen LogP) is 3.68. The van der Waals surface area contributed by atoms with Crippen molar-refractivity contribution in [3.05, 3.63) is 27.9 Å². The van der Waals surface area contributed by atoms with Gasteiger partial charge in [-0.15, -0.1) is 0 Å². The van der Waals surface area contributed by atoms with E-state index in [1.807, 2.05) is 6.92 Å². The van der Waals surface area contributed by atoms with E-state index in [9.17, 15) is 10.1 Å². The molecule has 0 aliphatic heterocycles. The smallest absolute Gasteiger partial charge is 0.311 e. The third-order valence-corrected chi connectivity index (χ3v) is 3.91. The van der Waals surface area contributed by atoms with Crippen LogP contribution in [-0.2, 0) is 0 Å². The molecule has 1 saturated carbocycles. The normalized spacial score (nSPS) is 23.1. The maximum absolute atomic E-state index is 11.0. The van der Waals surface area contributed by atoms with Crippen molar-refractivity contribution in [3.63, 3.8) is 0 Å². The van der Waals surface area contributed by atoms with Crippen molar-refractivity contribution >= 4 is 11.5 Å². The van der Waals surface area contributed by atoms with Crippen LogP contribution in [0, 0.1) is 23.0 Å². The Morgan fingerprint density at radius 1 is 1.47 bits per heavy atom. The quantitative estimate of drug-likeness (QED) is 0.664. The second-order valence-electron chi connectivity index (χ2n) is 5.36. The minimum Gasteiger partial charge on any atom is -0.362 e. The zero-order valence-electron chi connectivity index (χ0n) is 11.6. The van der Waals surface area contributed by atoms with E-state index in [0.29, 0.717) is 11.9 Å². The van der Waals surface area contributed by atoms with Crippen LogP contribution >= 0.6 is 0 Å². The number of aryl methyl sites for hydroxylation is 1. The van der Waals surface area contributed by atoms with Gasteiger partial charge in [0.2, 0.25) is 5.82 Å². The van der Waals surface area contributed by atoms with Gasteiger partial charge in [-0.05, 0) is 31.7 Å². The van der Waals surface area contributed by atoms with Gasteiger partial charge in [0, 0.05) is 17.8 Å². The molecule has 2 atom stereocenters. The van der Waals surface area contributed by atoms with Crippen molar-refractivity contribution in [3.8, 4) is 0 Å². The van der Waals surface area contributed by atoms with Crippen LogP contribution in [0.2, 0.25) is 0 Å². The average molecular weight is 263 g/mol. The SMILES string of the molecule is CCC1CCCC(Nc2nc(C)ccc2[N+](=O)[O-])C1. The first-order valence-corrected chi connectivity index (χ1v) is 6.98. The molecule has 5 heteroatoms. The molecule has 1 fully saturated rings. The van der Waals surface area contributed by atoms with Crippen molar-refractivity contribution in [2.45, 2.75) is 52.0 Å². The fourth-order valence-corrected chi connectivity index (χ4v) is 2.79. The monoisotopic (exact) mass is 263 g/mol. The number of pyridine rings is 1. The maximum Gasteiger partial charge on any atom is 0.311 e. The lowest BCUT2D eigenvalue weighted by molar-refractivity contribution is -0.384. The largest absolute Gasteiger partial charge is 0.362 e. The number of aromatic nitrogens is 1. The Hall–Kier alpha value is -1.65. The molecule has 1 N–H and O–H groups in total. The molecule has 2 unspecified atom stereocenters. The van der Waals surface area contributed by atoms with Gasteiger partial charge < -0.3 is 5.32 Å². The molecular formula is C14H21N3O2. The highest BCUT2D eigenvalue weighted by atomic mass is 16.6. The molecule has 2 rings (SSSR count). The molecule has 0 aromatic carbocycles. The van der Waals surface area contributed by atoms with Gasteiger partial charge in [-0.1, -0.05) is 26.2 Å². The molecule has 1 aliphatic carbocycles. The maximum atomic E-state index is 11.0. The molecular weight excluding hydrogens is 242 g/mol. The fourth-order valence-electron chi connectivity index (χ4n) is 2.79. The van der Waals surface area contributed by atoms with E-state index < -0.39 is 0 Å². The second-order valence-corrected chi connectivity index (χ2v) is 5.36. The third kappa shape index (κ3) is 3.43. The highest BCUT2D eigenvalue weighted by molar-refractivity contribution is 5.56. The third-order valence-electron chi connectivity index (χ3n) is 3.91. The van der Waals surface area contributed by atoms with Gasteiger partial charge in [0.05, 0.1) is 4.92 Å². The summed E-state index contributed by atoms with van der Waals surface area (Å²) >= 11 is 0. The molecule has 0 amide bonds. The number of anilines is 1. The van der Waals surface area contributed by atoms with Crippen LogP contribution in [0.25, 0.3) is 0 Å². The van der Waals surface area contributed by atoms with Gasteiger partial charge in [0.25, 0.3) is 0 Å². The number of nitro groups is 1. The molecule has 1 aliphatic rings. The Labute approximate surface area is 113 Å². The predicted molar refractivity (Wildman–Crippen MR) is 75.3 cm³/mol. The fraction of sp³-hybridized carbons (Fsp3) is 0.643. The van der Waals surface area contributed by atoms with Crippen LogP contribution in [0.5, 0.6) is 0 Å². The molecule has 0 saturated heterocycles. The Kier molecular flexibility index (Phi) is 4.35. The van der Waals surface area contributed by atoms with Crippen LogP contribution in [0.1, 0.15) is 44.7 Å². The van der Waals surface area contributed by atoms with Gasteiger partial charge in [-0.3, -0.25) is 10.1 Å². The number of nitrogens with one attached hydrogen (secondary N) is 1. The lowest BCUT2D eigenvalue weighted by atomic mass is 9.84. The summed E-state index contributed by atoms with van der Waals surface area (Å²) < 4.78 is 0. The Balaban J connectivity index is 2.13. The van der Waals surface area contributed by atoms with Crippen LogP contribution < -0.4 is 5.32 Å². The highest BCUT2D eigenvalue weighted by Crippen LogP contribution is 2.30. The Morgan fingerprint density at radius 3 is 2.95 bits per heavy atom. The van der Waals surface area contributed by atoms with Gasteiger partial charge in [-0.25, -0.2) is 4.98 Å². The summed E-state index contributed by atoms with van der Waals surface area (Å²) in [7, 11) is 0. The van der Waals surface area contributed by atoms with Gasteiger partial charge in [0.15, 0.2) is 0 Å². The molecule has 5 nitrogen and oxygen atoms in total. The zero-order valence-corrected chi connectivity index (χ0v) is 11.6. The van der Waals surface area contributed by atoms with E-state index in [0.717, 1.165) is 24.5 Å². The van der Waals surface area contributed by atoms with Gasteiger partial charge in [0.1, 0.15) is 0 Å². The lowest BCUT2D eigenvalue weighted by Gasteiger charge is -2.29.